The summed E-state index contributed by atoms with van der Waals surface area (Å²) in [4.78, 5) is 1.82. The lowest BCUT2D eigenvalue weighted by atomic mass is 10.2. The second-order valence-corrected chi connectivity index (χ2v) is 6.94. The highest BCUT2D eigenvalue weighted by Gasteiger charge is 2.10. The summed E-state index contributed by atoms with van der Waals surface area (Å²) in [7, 11) is -1.07. The minimum atomic E-state index is -1.07. The van der Waals surface area contributed by atoms with Gasteiger partial charge in [0.2, 0.25) is 0 Å². The molecule has 0 aliphatic heterocycles. The van der Waals surface area contributed by atoms with Crippen LogP contribution in [0.4, 0.5) is 5.69 Å². The average molecular weight is 286 g/mol. The van der Waals surface area contributed by atoms with E-state index in [1.54, 1.807) is 6.07 Å². The lowest BCUT2D eigenvalue weighted by Crippen LogP contribution is -1.99. The van der Waals surface area contributed by atoms with E-state index in [4.69, 9.17) is 17.3 Å². The number of hydrogen-bond donors (Lipinski definition) is 1. The maximum absolute atomic E-state index is 12.2. The summed E-state index contributed by atoms with van der Waals surface area (Å²) in [5, 5.41) is 0. The van der Waals surface area contributed by atoms with Crippen LogP contribution in [-0.4, -0.2) is 4.21 Å². The zero-order valence-electron chi connectivity index (χ0n) is 9.27. The second kappa shape index (κ2) is 5.21. The molecule has 0 amide bonds. The predicted molar refractivity (Wildman–Crippen MR) is 75.0 cm³/mol. The highest BCUT2D eigenvalue weighted by molar-refractivity contribution is 7.84. The first kappa shape index (κ1) is 12.6. The van der Waals surface area contributed by atoms with E-state index in [0.29, 0.717) is 11.4 Å². The molecule has 0 aliphatic rings. The highest BCUT2D eigenvalue weighted by atomic mass is 35.5. The van der Waals surface area contributed by atoms with E-state index >= 15 is 0 Å². The number of thiophene rings is 1. The Morgan fingerprint density at radius 3 is 2.76 bits per heavy atom. The van der Waals surface area contributed by atoms with E-state index < -0.39 is 10.8 Å². The Bertz CT molecular complexity index is 565. The topological polar surface area (TPSA) is 43.1 Å². The molecule has 17 heavy (non-hydrogen) atoms. The summed E-state index contributed by atoms with van der Waals surface area (Å²) in [6.45, 7) is 1.94. The van der Waals surface area contributed by atoms with Gasteiger partial charge in [-0.2, -0.15) is 0 Å². The number of rotatable bonds is 3. The molecule has 1 unspecified atom stereocenters. The minimum Gasteiger partial charge on any atom is -0.399 e. The summed E-state index contributed by atoms with van der Waals surface area (Å²) < 4.78 is 12.9. The first-order valence-corrected chi connectivity index (χ1v) is 7.56. The Labute approximate surface area is 112 Å². The molecule has 2 N–H and O–H groups in total. The molecule has 0 aliphatic carbocycles. The third-order valence-corrected chi connectivity index (χ3v) is 5.28. The van der Waals surface area contributed by atoms with Gasteiger partial charge in [0, 0.05) is 15.5 Å². The molecule has 0 radical (unpaired) electrons. The molecule has 2 aromatic rings. The Morgan fingerprint density at radius 2 is 2.12 bits per heavy atom. The molecule has 1 aromatic carbocycles. The fourth-order valence-corrected chi connectivity index (χ4v) is 4.14. The van der Waals surface area contributed by atoms with Crippen LogP contribution in [0.3, 0.4) is 0 Å². The molecule has 2 rings (SSSR count). The van der Waals surface area contributed by atoms with Crippen molar-refractivity contribution in [3.05, 3.63) is 45.1 Å². The normalized spacial score (nSPS) is 12.6. The maximum atomic E-state index is 12.2. The van der Waals surface area contributed by atoms with Crippen LogP contribution < -0.4 is 5.73 Å². The van der Waals surface area contributed by atoms with Crippen molar-refractivity contribution in [1.29, 1.82) is 0 Å². The Hall–Kier alpha value is -0.840. The fourth-order valence-electron chi connectivity index (χ4n) is 1.50. The van der Waals surface area contributed by atoms with Gasteiger partial charge in [0.25, 0.3) is 0 Å². The molecule has 1 heterocycles. The Kier molecular flexibility index (Phi) is 3.86. The van der Waals surface area contributed by atoms with Gasteiger partial charge in [0.05, 0.1) is 20.9 Å². The van der Waals surface area contributed by atoms with E-state index in [2.05, 4.69) is 0 Å². The maximum Gasteiger partial charge on any atom is 0.0931 e. The number of nitrogen functional groups attached to an aromatic ring is 1. The average Bonchev–Trinajstić information content (AvgIpc) is 2.67. The van der Waals surface area contributed by atoms with Crippen molar-refractivity contribution < 1.29 is 4.21 Å². The van der Waals surface area contributed by atoms with Crippen LogP contribution in [0.2, 0.25) is 4.34 Å². The van der Waals surface area contributed by atoms with Crippen molar-refractivity contribution in [3.63, 3.8) is 0 Å². The molecule has 0 saturated heterocycles. The molecule has 5 heteroatoms. The van der Waals surface area contributed by atoms with Crippen LogP contribution in [0.5, 0.6) is 0 Å². The van der Waals surface area contributed by atoms with Crippen molar-refractivity contribution in [3.8, 4) is 0 Å². The van der Waals surface area contributed by atoms with Gasteiger partial charge < -0.3 is 5.73 Å². The molecule has 0 saturated carbocycles. The fraction of sp³-hybridized carbons (Fsp3) is 0.167. The van der Waals surface area contributed by atoms with E-state index in [1.807, 2.05) is 31.2 Å². The van der Waals surface area contributed by atoms with Crippen LogP contribution in [-0.2, 0) is 16.6 Å². The van der Waals surface area contributed by atoms with Crippen LogP contribution in [0, 0.1) is 6.92 Å². The first-order chi connectivity index (χ1) is 8.06. The number of halogens is 1. The number of anilines is 1. The van der Waals surface area contributed by atoms with Gasteiger partial charge in [-0.1, -0.05) is 17.7 Å². The van der Waals surface area contributed by atoms with Crippen LogP contribution >= 0.6 is 22.9 Å². The van der Waals surface area contributed by atoms with Crippen LogP contribution in [0.25, 0.3) is 0 Å². The minimum absolute atomic E-state index is 0.488. The molecular weight excluding hydrogens is 274 g/mol. The molecule has 1 atom stereocenters. The van der Waals surface area contributed by atoms with Gasteiger partial charge in [-0.25, -0.2) is 0 Å². The smallest absolute Gasteiger partial charge is 0.0931 e. The number of hydrogen-bond acceptors (Lipinski definition) is 3. The molecule has 0 bridgehead atoms. The van der Waals surface area contributed by atoms with Gasteiger partial charge in [-0.15, -0.1) is 11.3 Å². The quantitative estimate of drug-likeness (QED) is 0.876. The van der Waals surface area contributed by atoms with Gasteiger partial charge in [0.1, 0.15) is 0 Å². The Morgan fingerprint density at radius 1 is 1.35 bits per heavy atom. The van der Waals surface area contributed by atoms with Crippen molar-refractivity contribution in [2.24, 2.45) is 0 Å². The van der Waals surface area contributed by atoms with Gasteiger partial charge in [-0.05, 0) is 36.8 Å². The van der Waals surface area contributed by atoms with Gasteiger partial charge in [-0.3, -0.25) is 4.21 Å². The monoisotopic (exact) mass is 285 g/mol. The predicted octanol–water partition coefficient (Wildman–Crippen LogP) is 3.60. The summed E-state index contributed by atoms with van der Waals surface area (Å²) in [6.07, 6.45) is 0. The molecule has 2 nitrogen and oxygen atoms in total. The molecule has 0 fully saturated rings. The highest BCUT2D eigenvalue weighted by Crippen LogP contribution is 2.25. The van der Waals surface area contributed by atoms with Gasteiger partial charge >= 0.3 is 0 Å². The molecule has 90 valence electrons. The number of aryl methyl sites for hydroxylation is 1. The van der Waals surface area contributed by atoms with Crippen molar-refractivity contribution >= 4 is 39.4 Å². The third-order valence-electron chi connectivity index (χ3n) is 2.36. The van der Waals surface area contributed by atoms with E-state index in [-0.39, 0.29) is 0 Å². The lowest BCUT2D eigenvalue weighted by Gasteiger charge is -2.06. The number of benzene rings is 1. The largest absolute Gasteiger partial charge is 0.399 e. The number of nitrogens with two attached hydrogens (primary N) is 1. The van der Waals surface area contributed by atoms with Crippen molar-refractivity contribution in [2.45, 2.75) is 17.6 Å². The molecule has 1 aromatic heterocycles. The van der Waals surface area contributed by atoms with Crippen molar-refractivity contribution in [2.75, 3.05) is 5.73 Å². The van der Waals surface area contributed by atoms with E-state index in [9.17, 15) is 4.21 Å². The first-order valence-electron chi connectivity index (χ1n) is 5.05. The summed E-state index contributed by atoms with van der Waals surface area (Å²) in [5.74, 6) is 0.488. The Balaban J connectivity index is 2.22. The second-order valence-electron chi connectivity index (χ2n) is 3.72. The van der Waals surface area contributed by atoms with E-state index in [1.165, 1.54) is 11.3 Å². The van der Waals surface area contributed by atoms with Gasteiger partial charge in [0.15, 0.2) is 0 Å². The summed E-state index contributed by atoms with van der Waals surface area (Å²) in [6, 6.07) is 9.22. The zero-order chi connectivity index (χ0) is 12.4. The zero-order valence-corrected chi connectivity index (χ0v) is 11.7. The van der Waals surface area contributed by atoms with Crippen molar-refractivity contribution in [1.82, 2.24) is 0 Å². The van der Waals surface area contributed by atoms with Crippen LogP contribution in [0.1, 0.15) is 10.4 Å². The lowest BCUT2D eigenvalue weighted by molar-refractivity contribution is 0.682. The summed E-state index contributed by atoms with van der Waals surface area (Å²) in [5.41, 5.74) is 7.35. The van der Waals surface area contributed by atoms with Crippen LogP contribution in [0.15, 0.2) is 35.2 Å². The third kappa shape index (κ3) is 3.09. The summed E-state index contributed by atoms with van der Waals surface area (Å²) >= 11 is 7.31. The standard InChI is InChI=1S/C12H12ClNOS2/c1-8-2-3-9(14)6-11(8)17(15)7-10-4-5-12(13)16-10/h2-6H,7,14H2,1H3. The molecule has 0 spiro atoms. The molecular formula is C12H12ClNOS2. The van der Waals surface area contributed by atoms with E-state index in [0.717, 1.165) is 19.7 Å². The SMILES string of the molecule is Cc1ccc(N)cc1S(=O)Cc1ccc(Cl)s1.